The number of fused-ring (bicyclic) bond motifs is 1. The number of allylic oxidation sites excluding steroid dienone is 1. The Hall–Kier alpha value is -2.99. The lowest BCUT2D eigenvalue weighted by Gasteiger charge is -2.28. The number of morpholine rings is 1. The summed E-state index contributed by atoms with van der Waals surface area (Å²) in [6.07, 6.45) is 1.63. The van der Waals surface area contributed by atoms with Crippen molar-refractivity contribution in [2.24, 2.45) is 0 Å². The Morgan fingerprint density at radius 2 is 1.72 bits per heavy atom. The van der Waals surface area contributed by atoms with Crippen molar-refractivity contribution in [2.75, 3.05) is 31.2 Å². The molecule has 0 radical (unpaired) electrons. The van der Waals surface area contributed by atoms with Crippen LogP contribution in [0.2, 0.25) is 0 Å². The normalized spacial score (nSPS) is 18.3. The first-order valence-electron chi connectivity index (χ1n) is 8.05. The Morgan fingerprint density at radius 1 is 1.00 bits per heavy atom. The number of Topliss-reactive ketones (excluding diaryl/α,β-unsaturated/α-hetero) is 1. The number of benzene rings is 2. The van der Waals surface area contributed by atoms with Gasteiger partial charge in [0.1, 0.15) is 0 Å². The number of carbonyl (C=O) groups excluding carboxylic acids is 1. The first-order chi connectivity index (χ1) is 12.1. The van der Waals surface area contributed by atoms with Crippen molar-refractivity contribution in [3.63, 3.8) is 0 Å². The molecule has 0 bridgehead atoms. The predicted octanol–water partition coefficient (Wildman–Crippen LogP) is 2.55. The summed E-state index contributed by atoms with van der Waals surface area (Å²) in [4.78, 5) is 14.6. The molecule has 2 aromatic rings. The van der Waals surface area contributed by atoms with Gasteiger partial charge in [0, 0.05) is 18.8 Å². The van der Waals surface area contributed by atoms with E-state index in [1.165, 1.54) is 12.1 Å². The van der Waals surface area contributed by atoms with E-state index < -0.39 is 5.75 Å². The van der Waals surface area contributed by atoms with Gasteiger partial charge < -0.3 is 24.6 Å². The molecule has 2 aliphatic heterocycles. The van der Waals surface area contributed by atoms with E-state index in [1.807, 2.05) is 24.3 Å². The van der Waals surface area contributed by atoms with Crippen LogP contribution >= 0.6 is 0 Å². The molecule has 6 heteroatoms. The van der Waals surface area contributed by atoms with Crippen LogP contribution in [0.25, 0.3) is 6.08 Å². The fourth-order valence-electron chi connectivity index (χ4n) is 2.98. The number of carbonyl (C=O) groups is 1. The SMILES string of the molecule is O=C1/C(=C\c2ccc(N3CCOCC3)cc2)Oc2c1ccc(O)c2O. The van der Waals surface area contributed by atoms with E-state index in [-0.39, 0.29) is 28.6 Å². The maximum atomic E-state index is 12.4. The molecular weight excluding hydrogens is 322 g/mol. The number of anilines is 1. The lowest BCUT2D eigenvalue weighted by molar-refractivity contribution is 0.101. The molecule has 2 aliphatic rings. The van der Waals surface area contributed by atoms with Gasteiger partial charge in [-0.3, -0.25) is 4.79 Å². The maximum absolute atomic E-state index is 12.4. The Labute approximate surface area is 144 Å². The Morgan fingerprint density at radius 3 is 2.44 bits per heavy atom. The summed E-state index contributed by atoms with van der Waals surface area (Å²) < 4.78 is 10.8. The van der Waals surface area contributed by atoms with Crippen molar-refractivity contribution in [3.05, 3.63) is 53.3 Å². The van der Waals surface area contributed by atoms with Crippen LogP contribution in [-0.2, 0) is 4.74 Å². The van der Waals surface area contributed by atoms with E-state index in [1.54, 1.807) is 6.08 Å². The summed E-state index contributed by atoms with van der Waals surface area (Å²) in [7, 11) is 0. The molecule has 2 heterocycles. The van der Waals surface area contributed by atoms with E-state index >= 15 is 0 Å². The zero-order chi connectivity index (χ0) is 17.4. The molecule has 0 saturated carbocycles. The van der Waals surface area contributed by atoms with Gasteiger partial charge in [-0.2, -0.15) is 0 Å². The molecule has 0 unspecified atom stereocenters. The highest BCUT2D eigenvalue weighted by Gasteiger charge is 2.31. The third kappa shape index (κ3) is 2.81. The van der Waals surface area contributed by atoms with Gasteiger partial charge in [0.15, 0.2) is 17.3 Å². The average Bonchev–Trinajstić information content (AvgIpc) is 2.96. The standard InChI is InChI=1S/C19H17NO5/c21-15-6-5-14-17(22)16(25-19(14)18(15)23)11-12-1-3-13(4-2-12)20-7-9-24-10-8-20/h1-6,11,21,23H,7-10H2/b16-11+. The molecule has 0 atom stereocenters. The van der Waals surface area contributed by atoms with Gasteiger partial charge in [0.25, 0.3) is 0 Å². The van der Waals surface area contributed by atoms with Crippen LogP contribution in [-0.4, -0.2) is 42.3 Å². The highest BCUT2D eigenvalue weighted by Crippen LogP contribution is 2.44. The van der Waals surface area contributed by atoms with Gasteiger partial charge in [0.05, 0.1) is 18.8 Å². The summed E-state index contributed by atoms with van der Waals surface area (Å²) in [6.45, 7) is 3.17. The van der Waals surface area contributed by atoms with Gasteiger partial charge in [0.2, 0.25) is 11.5 Å². The zero-order valence-corrected chi connectivity index (χ0v) is 13.4. The smallest absolute Gasteiger partial charge is 0.232 e. The minimum Gasteiger partial charge on any atom is -0.504 e. The van der Waals surface area contributed by atoms with Gasteiger partial charge in [-0.1, -0.05) is 12.1 Å². The molecule has 4 rings (SSSR count). The van der Waals surface area contributed by atoms with E-state index in [0.29, 0.717) is 0 Å². The number of phenols is 2. The molecule has 1 saturated heterocycles. The molecule has 1 fully saturated rings. The molecule has 0 spiro atoms. The van der Waals surface area contributed by atoms with Crippen LogP contribution in [0.15, 0.2) is 42.2 Å². The molecule has 0 aromatic heterocycles. The molecule has 25 heavy (non-hydrogen) atoms. The number of rotatable bonds is 2. The van der Waals surface area contributed by atoms with E-state index in [2.05, 4.69) is 4.90 Å². The minimum atomic E-state index is -0.420. The Kier molecular flexibility index (Phi) is 3.82. The zero-order valence-electron chi connectivity index (χ0n) is 13.4. The molecule has 2 N–H and O–H groups in total. The largest absolute Gasteiger partial charge is 0.504 e. The molecule has 0 amide bonds. The van der Waals surface area contributed by atoms with Crippen LogP contribution in [0.1, 0.15) is 15.9 Å². The number of nitrogens with zero attached hydrogens (tertiary/aromatic N) is 1. The predicted molar refractivity (Wildman–Crippen MR) is 92.2 cm³/mol. The van der Waals surface area contributed by atoms with Crippen molar-refractivity contribution >= 4 is 17.5 Å². The van der Waals surface area contributed by atoms with Crippen LogP contribution in [0.4, 0.5) is 5.69 Å². The second-order valence-corrected chi connectivity index (χ2v) is 5.94. The quantitative estimate of drug-likeness (QED) is 0.647. The summed E-state index contributed by atoms with van der Waals surface area (Å²) in [5.41, 5.74) is 2.17. The van der Waals surface area contributed by atoms with Crippen molar-refractivity contribution in [1.29, 1.82) is 0 Å². The maximum Gasteiger partial charge on any atom is 0.232 e. The Balaban J connectivity index is 1.57. The molecular formula is C19H17NO5. The van der Waals surface area contributed by atoms with Crippen molar-refractivity contribution in [2.45, 2.75) is 0 Å². The van der Waals surface area contributed by atoms with Crippen LogP contribution in [0.3, 0.4) is 0 Å². The summed E-state index contributed by atoms with van der Waals surface area (Å²) in [6, 6.07) is 10.5. The summed E-state index contributed by atoms with van der Waals surface area (Å²) in [5, 5.41) is 19.4. The van der Waals surface area contributed by atoms with Crippen molar-refractivity contribution in [3.8, 4) is 17.2 Å². The first kappa shape index (κ1) is 15.5. The first-order valence-corrected chi connectivity index (χ1v) is 8.05. The van der Waals surface area contributed by atoms with E-state index in [9.17, 15) is 15.0 Å². The lowest BCUT2D eigenvalue weighted by Crippen LogP contribution is -2.36. The fraction of sp³-hybridized carbons (Fsp3) is 0.211. The number of aromatic hydroxyl groups is 2. The average molecular weight is 339 g/mol. The van der Waals surface area contributed by atoms with Gasteiger partial charge in [-0.05, 0) is 35.9 Å². The summed E-state index contributed by atoms with van der Waals surface area (Å²) >= 11 is 0. The number of ether oxygens (including phenoxy) is 2. The van der Waals surface area contributed by atoms with Crippen molar-refractivity contribution in [1.82, 2.24) is 0 Å². The molecule has 0 aliphatic carbocycles. The second kappa shape index (κ2) is 6.14. The fourth-order valence-corrected chi connectivity index (χ4v) is 2.98. The van der Waals surface area contributed by atoms with Crippen LogP contribution in [0.5, 0.6) is 17.2 Å². The second-order valence-electron chi connectivity index (χ2n) is 5.94. The van der Waals surface area contributed by atoms with Crippen molar-refractivity contribution < 1.29 is 24.5 Å². The van der Waals surface area contributed by atoms with Gasteiger partial charge >= 0.3 is 0 Å². The van der Waals surface area contributed by atoms with Gasteiger partial charge in [-0.15, -0.1) is 0 Å². The third-order valence-electron chi connectivity index (χ3n) is 4.36. The summed E-state index contributed by atoms with van der Waals surface area (Å²) in [5.74, 6) is -0.932. The highest BCUT2D eigenvalue weighted by atomic mass is 16.5. The topological polar surface area (TPSA) is 79.2 Å². The van der Waals surface area contributed by atoms with Crippen LogP contribution < -0.4 is 9.64 Å². The van der Waals surface area contributed by atoms with Crippen LogP contribution in [0, 0.1) is 0 Å². The number of phenolic OH excluding ortho intramolecular Hbond substituents is 2. The number of hydrogen-bond acceptors (Lipinski definition) is 6. The minimum absolute atomic E-state index is 0.00110. The number of hydrogen-bond donors (Lipinski definition) is 2. The molecule has 2 aromatic carbocycles. The number of ketones is 1. The molecule has 128 valence electrons. The van der Waals surface area contributed by atoms with E-state index in [4.69, 9.17) is 9.47 Å². The lowest BCUT2D eigenvalue weighted by atomic mass is 10.1. The molecule has 6 nitrogen and oxygen atoms in total. The van der Waals surface area contributed by atoms with E-state index in [0.717, 1.165) is 37.6 Å². The van der Waals surface area contributed by atoms with Gasteiger partial charge in [-0.25, -0.2) is 0 Å². The highest BCUT2D eigenvalue weighted by molar-refractivity contribution is 6.15. The Bertz CT molecular complexity index is 851. The monoisotopic (exact) mass is 339 g/mol. The third-order valence-corrected chi connectivity index (χ3v) is 4.36.